The minimum absolute atomic E-state index is 0.0430. The first-order valence-electron chi connectivity index (χ1n) is 9.61. The molecule has 1 aromatic rings. The predicted molar refractivity (Wildman–Crippen MR) is 108 cm³/mol. The van der Waals surface area contributed by atoms with E-state index in [1.54, 1.807) is 23.9 Å². The van der Waals surface area contributed by atoms with Crippen molar-refractivity contribution in [3.63, 3.8) is 0 Å². The molecule has 0 atom stereocenters. The van der Waals surface area contributed by atoms with E-state index in [0.717, 1.165) is 32.1 Å². The van der Waals surface area contributed by atoms with E-state index < -0.39 is 0 Å². The van der Waals surface area contributed by atoms with Crippen LogP contribution in [0.5, 0.6) is 0 Å². The maximum atomic E-state index is 12.3. The van der Waals surface area contributed by atoms with Crippen molar-refractivity contribution >= 4 is 12.3 Å². The molecular formula is C21H34N4O2. The Labute approximate surface area is 163 Å². The van der Waals surface area contributed by atoms with Gasteiger partial charge in [-0.05, 0) is 52.4 Å². The zero-order valence-electron chi connectivity index (χ0n) is 17.4. The molecule has 1 fully saturated rings. The molecule has 1 aliphatic rings. The van der Waals surface area contributed by atoms with Crippen LogP contribution in [-0.4, -0.2) is 80.9 Å². The Hall–Kier alpha value is -1.92. The van der Waals surface area contributed by atoms with Gasteiger partial charge < -0.3 is 15.1 Å². The standard InChI is InChI=1S/C21H34N4O2/c1-22-16-20(25(17-26)15-19(27)23(2)3)11-13-21(14-12-20,24(4)5)18-9-7-6-8-10-18/h6-10,17,22H,11-16H2,1-5H3. The highest BCUT2D eigenvalue weighted by Gasteiger charge is 2.47. The van der Waals surface area contributed by atoms with Gasteiger partial charge in [0, 0.05) is 26.2 Å². The number of hydrogen-bond acceptors (Lipinski definition) is 4. The van der Waals surface area contributed by atoms with E-state index in [0.29, 0.717) is 6.54 Å². The molecule has 1 aliphatic carbocycles. The van der Waals surface area contributed by atoms with Crippen LogP contribution < -0.4 is 5.32 Å². The molecule has 0 spiro atoms. The van der Waals surface area contributed by atoms with Gasteiger partial charge in [-0.2, -0.15) is 0 Å². The van der Waals surface area contributed by atoms with Crippen molar-refractivity contribution in [1.82, 2.24) is 20.0 Å². The Morgan fingerprint density at radius 1 is 1.07 bits per heavy atom. The van der Waals surface area contributed by atoms with Gasteiger partial charge in [-0.15, -0.1) is 0 Å². The lowest BCUT2D eigenvalue weighted by Crippen LogP contribution is -2.61. The minimum Gasteiger partial charge on any atom is -0.347 e. The molecule has 2 amide bonds. The van der Waals surface area contributed by atoms with Gasteiger partial charge in [-0.1, -0.05) is 30.3 Å². The third kappa shape index (κ3) is 4.33. The summed E-state index contributed by atoms with van der Waals surface area (Å²) in [6.45, 7) is 0.809. The van der Waals surface area contributed by atoms with E-state index in [1.807, 2.05) is 13.1 Å². The summed E-state index contributed by atoms with van der Waals surface area (Å²) in [6, 6.07) is 10.6. The number of likely N-dealkylation sites (N-methyl/N-ethyl adjacent to an activating group) is 2. The van der Waals surface area contributed by atoms with Gasteiger partial charge in [-0.3, -0.25) is 14.5 Å². The number of hydrogen-bond donors (Lipinski definition) is 1. The molecule has 6 nitrogen and oxygen atoms in total. The fourth-order valence-corrected chi connectivity index (χ4v) is 4.37. The summed E-state index contributed by atoms with van der Waals surface area (Å²) in [5.74, 6) is -0.0508. The van der Waals surface area contributed by atoms with Crippen LogP contribution in [-0.2, 0) is 15.1 Å². The molecule has 27 heavy (non-hydrogen) atoms. The van der Waals surface area contributed by atoms with E-state index in [1.165, 1.54) is 5.56 Å². The van der Waals surface area contributed by atoms with Gasteiger partial charge in [0.25, 0.3) is 0 Å². The lowest BCUT2D eigenvalue weighted by molar-refractivity contribution is -0.139. The molecule has 0 bridgehead atoms. The molecule has 1 aromatic carbocycles. The van der Waals surface area contributed by atoms with Gasteiger partial charge in [0.15, 0.2) is 0 Å². The second kappa shape index (κ2) is 8.85. The smallest absolute Gasteiger partial charge is 0.241 e. The fraction of sp³-hybridized carbons (Fsp3) is 0.619. The van der Waals surface area contributed by atoms with E-state index in [2.05, 4.69) is 48.6 Å². The fourth-order valence-electron chi connectivity index (χ4n) is 4.37. The summed E-state index contributed by atoms with van der Waals surface area (Å²) in [5.41, 5.74) is 0.935. The SMILES string of the molecule is CNCC1(N(C=O)CC(=O)N(C)C)CCC(c2ccccc2)(N(C)C)CC1. The van der Waals surface area contributed by atoms with Crippen LogP contribution in [0.25, 0.3) is 0 Å². The average Bonchev–Trinajstić information content (AvgIpc) is 2.67. The van der Waals surface area contributed by atoms with Gasteiger partial charge >= 0.3 is 0 Å². The zero-order chi connectivity index (χ0) is 20.1. The first-order valence-corrected chi connectivity index (χ1v) is 9.61. The molecule has 0 unspecified atom stereocenters. The summed E-state index contributed by atoms with van der Waals surface area (Å²) in [6.07, 6.45) is 4.42. The zero-order valence-corrected chi connectivity index (χ0v) is 17.4. The van der Waals surface area contributed by atoms with Crippen molar-refractivity contribution in [3.05, 3.63) is 35.9 Å². The van der Waals surface area contributed by atoms with Crippen LogP contribution in [0.1, 0.15) is 31.2 Å². The van der Waals surface area contributed by atoms with Crippen LogP contribution in [0.3, 0.4) is 0 Å². The highest BCUT2D eigenvalue weighted by molar-refractivity contribution is 5.79. The molecule has 1 N–H and O–H groups in total. The summed E-state index contributed by atoms with van der Waals surface area (Å²) >= 11 is 0. The van der Waals surface area contributed by atoms with Crippen molar-refractivity contribution in [2.24, 2.45) is 0 Å². The third-order valence-corrected chi connectivity index (χ3v) is 6.22. The Balaban J connectivity index is 2.29. The first kappa shape index (κ1) is 21.4. The van der Waals surface area contributed by atoms with Crippen molar-refractivity contribution in [2.45, 2.75) is 36.8 Å². The van der Waals surface area contributed by atoms with Crippen LogP contribution in [0, 0.1) is 0 Å². The lowest BCUT2D eigenvalue weighted by atomic mass is 9.68. The molecule has 6 heteroatoms. The van der Waals surface area contributed by atoms with Crippen LogP contribution in [0.4, 0.5) is 0 Å². The Morgan fingerprint density at radius 2 is 1.67 bits per heavy atom. The highest BCUT2D eigenvalue weighted by Crippen LogP contribution is 2.46. The molecular weight excluding hydrogens is 340 g/mol. The molecule has 0 heterocycles. The average molecular weight is 375 g/mol. The normalized spacial score (nSPS) is 25.3. The summed E-state index contributed by atoms with van der Waals surface area (Å²) in [5, 5.41) is 3.25. The quantitative estimate of drug-likeness (QED) is 0.701. The number of carbonyl (C=O) groups excluding carboxylic acids is 2. The van der Waals surface area contributed by atoms with Crippen molar-refractivity contribution in [3.8, 4) is 0 Å². The lowest BCUT2D eigenvalue weighted by Gasteiger charge is -2.53. The number of nitrogens with zero attached hydrogens (tertiary/aromatic N) is 3. The maximum Gasteiger partial charge on any atom is 0.241 e. The number of rotatable bonds is 8. The first-order chi connectivity index (χ1) is 12.8. The second-order valence-corrected chi connectivity index (χ2v) is 8.07. The Morgan fingerprint density at radius 3 is 2.11 bits per heavy atom. The van der Waals surface area contributed by atoms with E-state index in [-0.39, 0.29) is 23.5 Å². The monoisotopic (exact) mass is 374 g/mol. The highest BCUT2D eigenvalue weighted by atomic mass is 16.2. The second-order valence-electron chi connectivity index (χ2n) is 8.07. The largest absolute Gasteiger partial charge is 0.347 e. The number of carbonyl (C=O) groups is 2. The molecule has 1 saturated carbocycles. The minimum atomic E-state index is -0.337. The van der Waals surface area contributed by atoms with Crippen LogP contribution in [0.15, 0.2) is 30.3 Å². The van der Waals surface area contributed by atoms with Crippen LogP contribution >= 0.6 is 0 Å². The third-order valence-electron chi connectivity index (χ3n) is 6.22. The summed E-state index contributed by atoms with van der Waals surface area (Å²) in [7, 11) is 9.62. The molecule has 0 aromatic heterocycles. The number of benzene rings is 1. The van der Waals surface area contributed by atoms with Crippen molar-refractivity contribution in [1.29, 1.82) is 0 Å². The van der Waals surface area contributed by atoms with Crippen molar-refractivity contribution < 1.29 is 9.59 Å². The Kier molecular flexibility index (Phi) is 7.00. The van der Waals surface area contributed by atoms with E-state index >= 15 is 0 Å². The van der Waals surface area contributed by atoms with Gasteiger partial charge in [0.1, 0.15) is 6.54 Å². The molecule has 0 saturated heterocycles. The van der Waals surface area contributed by atoms with Crippen molar-refractivity contribution in [2.75, 3.05) is 48.3 Å². The molecule has 150 valence electrons. The van der Waals surface area contributed by atoms with Crippen LogP contribution in [0.2, 0.25) is 0 Å². The predicted octanol–water partition coefficient (Wildman–Crippen LogP) is 1.52. The van der Waals surface area contributed by atoms with E-state index in [9.17, 15) is 9.59 Å². The van der Waals surface area contributed by atoms with Gasteiger partial charge in [0.2, 0.25) is 12.3 Å². The Bertz CT molecular complexity index is 622. The summed E-state index contributed by atoms with van der Waals surface area (Å²) < 4.78 is 0. The van der Waals surface area contributed by atoms with E-state index in [4.69, 9.17) is 0 Å². The maximum absolute atomic E-state index is 12.3. The number of nitrogens with one attached hydrogen (secondary N) is 1. The summed E-state index contributed by atoms with van der Waals surface area (Å²) in [4.78, 5) is 29.7. The number of amides is 2. The topological polar surface area (TPSA) is 55.9 Å². The molecule has 2 rings (SSSR count). The molecule has 0 aliphatic heterocycles. The van der Waals surface area contributed by atoms with Gasteiger partial charge in [-0.25, -0.2) is 0 Å². The van der Waals surface area contributed by atoms with Gasteiger partial charge in [0.05, 0.1) is 5.54 Å². The molecule has 0 radical (unpaired) electrons.